The molecule has 0 radical (unpaired) electrons. The van der Waals surface area contributed by atoms with E-state index >= 15 is 0 Å². The normalized spacial score (nSPS) is 11.4. The van der Waals surface area contributed by atoms with Crippen molar-refractivity contribution in [2.75, 3.05) is 13.6 Å². The van der Waals surface area contributed by atoms with Gasteiger partial charge in [-0.15, -0.1) is 0 Å². The number of hydrogen-bond acceptors (Lipinski definition) is 2. The average Bonchev–Trinajstić information content (AvgIpc) is 2.65. The van der Waals surface area contributed by atoms with Gasteiger partial charge in [0.2, 0.25) is 5.91 Å². The summed E-state index contributed by atoms with van der Waals surface area (Å²) in [5.41, 5.74) is 1.79. The van der Waals surface area contributed by atoms with E-state index in [0.29, 0.717) is 6.54 Å². The van der Waals surface area contributed by atoms with Crippen molar-refractivity contribution in [2.45, 2.75) is 12.7 Å². The van der Waals surface area contributed by atoms with E-state index in [2.05, 4.69) is 0 Å². The summed E-state index contributed by atoms with van der Waals surface area (Å²) in [4.78, 5) is 25.3. The number of hydrogen-bond donors (Lipinski definition) is 1. The van der Waals surface area contributed by atoms with E-state index in [1.54, 1.807) is 25.3 Å². The zero-order valence-corrected chi connectivity index (χ0v) is 14.7. The predicted molar refractivity (Wildman–Crippen MR) is 96.8 cm³/mol. The molecule has 0 bridgehead atoms. The van der Waals surface area contributed by atoms with E-state index in [9.17, 15) is 22.8 Å². The van der Waals surface area contributed by atoms with Gasteiger partial charge in [0.05, 0.1) is 0 Å². The molecule has 0 atom stereocenters. The number of amides is 2. The summed E-state index contributed by atoms with van der Waals surface area (Å²) < 4.78 is 36.4. The third kappa shape index (κ3) is 6.97. The zero-order chi connectivity index (χ0) is 19.9. The Labute approximate surface area is 155 Å². The van der Waals surface area contributed by atoms with E-state index in [4.69, 9.17) is 0 Å². The molecule has 0 aromatic heterocycles. The van der Waals surface area contributed by atoms with Crippen LogP contribution in [0.25, 0.3) is 6.08 Å². The van der Waals surface area contributed by atoms with Gasteiger partial charge >= 0.3 is 6.18 Å². The van der Waals surface area contributed by atoms with Crippen molar-refractivity contribution in [1.29, 1.82) is 0 Å². The van der Waals surface area contributed by atoms with Crippen molar-refractivity contribution < 1.29 is 22.8 Å². The lowest BCUT2D eigenvalue weighted by molar-refractivity contribution is -0.125. The Morgan fingerprint density at radius 1 is 1.04 bits per heavy atom. The van der Waals surface area contributed by atoms with Gasteiger partial charge in [-0.25, -0.2) is 0 Å². The second kappa shape index (κ2) is 9.02. The summed E-state index contributed by atoms with van der Waals surface area (Å²) in [6.07, 6.45) is -1.27. The first-order chi connectivity index (χ1) is 12.7. The molecule has 142 valence electrons. The Morgan fingerprint density at radius 2 is 1.67 bits per heavy atom. The molecule has 0 heterocycles. The molecule has 2 aromatic rings. The van der Waals surface area contributed by atoms with Crippen molar-refractivity contribution in [3.8, 4) is 0 Å². The first-order valence-corrected chi connectivity index (χ1v) is 8.17. The first kappa shape index (κ1) is 20.2. The van der Waals surface area contributed by atoms with E-state index in [1.165, 1.54) is 23.1 Å². The molecule has 2 aromatic carbocycles. The fourth-order valence-electron chi connectivity index (χ4n) is 2.25. The van der Waals surface area contributed by atoms with Crippen molar-refractivity contribution in [3.05, 3.63) is 77.4 Å². The minimum atomic E-state index is -4.45. The zero-order valence-electron chi connectivity index (χ0n) is 14.7. The molecule has 0 unspecified atom stereocenters. The predicted octanol–water partition coefficient (Wildman–Crippen LogP) is 3.65. The third-order valence-corrected chi connectivity index (χ3v) is 3.68. The summed E-state index contributed by atoms with van der Waals surface area (Å²) in [6, 6.07) is 15.5. The van der Waals surface area contributed by atoms with Crippen molar-refractivity contribution in [1.82, 2.24) is 10.2 Å². The Morgan fingerprint density at radius 3 is 2.26 bits per heavy atom. The van der Waals surface area contributed by atoms with E-state index in [0.717, 1.165) is 11.1 Å². The minimum Gasteiger partial charge on any atom is -0.343 e. The second-order valence-corrected chi connectivity index (χ2v) is 5.93. The number of halogens is 3. The van der Waals surface area contributed by atoms with Gasteiger partial charge in [0.15, 0.2) is 0 Å². The van der Waals surface area contributed by atoms with Crippen LogP contribution in [0.3, 0.4) is 0 Å². The SMILES string of the molecule is CN(Cc1ccc(C(=O)NCC(F)(F)F)cc1)C(=O)C=Cc1ccccc1. The van der Waals surface area contributed by atoms with Crippen LogP contribution in [0.1, 0.15) is 21.5 Å². The number of benzene rings is 2. The summed E-state index contributed by atoms with van der Waals surface area (Å²) >= 11 is 0. The van der Waals surface area contributed by atoms with Crippen LogP contribution in [-0.4, -0.2) is 36.5 Å². The monoisotopic (exact) mass is 376 g/mol. The molecule has 7 heteroatoms. The number of alkyl halides is 3. The first-order valence-electron chi connectivity index (χ1n) is 8.17. The molecule has 27 heavy (non-hydrogen) atoms. The van der Waals surface area contributed by atoms with E-state index in [-0.39, 0.29) is 11.5 Å². The number of likely N-dealkylation sites (N-methyl/N-ethyl adjacent to an activating group) is 1. The van der Waals surface area contributed by atoms with Gasteiger partial charge in [-0.2, -0.15) is 13.2 Å². The molecular formula is C20H19F3N2O2. The lowest BCUT2D eigenvalue weighted by atomic mass is 10.1. The van der Waals surface area contributed by atoms with Crippen LogP contribution in [0.15, 0.2) is 60.7 Å². The van der Waals surface area contributed by atoms with Crippen LogP contribution < -0.4 is 5.32 Å². The highest BCUT2D eigenvalue weighted by Crippen LogP contribution is 2.13. The van der Waals surface area contributed by atoms with Gasteiger partial charge in [0, 0.05) is 25.2 Å². The molecule has 0 spiro atoms. The van der Waals surface area contributed by atoms with Gasteiger partial charge in [-0.05, 0) is 29.3 Å². The standard InChI is InChI=1S/C20H19F3N2O2/c1-25(18(26)12-9-15-5-3-2-4-6-15)13-16-7-10-17(11-8-16)19(27)24-14-20(21,22)23/h2-12H,13-14H2,1H3,(H,24,27). The summed E-state index contributed by atoms with van der Waals surface area (Å²) in [7, 11) is 1.64. The highest BCUT2D eigenvalue weighted by Gasteiger charge is 2.27. The molecule has 0 saturated carbocycles. The van der Waals surface area contributed by atoms with Crippen molar-refractivity contribution in [2.24, 2.45) is 0 Å². The molecule has 0 fully saturated rings. The molecule has 0 aliphatic heterocycles. The summed E-state index contributed by atoms with van der Waals surface area (Å²) in [6.45, 7) is -1.07. The minimum absolute atomic E-state index is 0.126. The molecule has 0 aliphatic rings. The van der Waals surface area contributed by atoms with Crippen LogP contribution in [0.5, 0.6) is 0 Å². The number of carbonyl (C=O) groups is 2. The van der Waals surface area contributed by atoms with Gasteiger partial charge in [-0.1, -0.05) is 42.5 Å². The number of rotatable bonds is 6. The molecular weight excluding hydrogens is 357 g/mol. The van der Waals surface area contributed by atoms with Crippen LogP contribution in [-0.2, 0) is 11.3 Å². The van der Waals surface area contributed by atoms with Crippen LogP contribution >= 0.6 is 0 Å². The molecule has 0 aliphatic carbocycles. The molecule has 2 rings (SSSR count). The van der Waals surface area contributed by atoms with Gasteiger partial charge in [0.1, 0.15) is 6.54 Å². The quantitative estimate of drug-likeness (QED) is 0.783. The average molecular weight is 376 g/mol. The smallest absolute Gasteiger partial charge is 0.343 e. The Bertz CT molecular complexity index is 800. The van der Waals surface area contributed by atoms with Crippen molar-refractivity contribution >= 4 is 17.9 Å². The maximum atomic E-state index is 12.1. The molecule has 1 N–H and O–H groups in total. The van der Waals surface area contributed by atoms with Gasteiger partial charge in [0.25, 0.3) is 5.91 Å². The highest BCUT2D eigenvalue weighted by molar-refractivity contribution is 5.94. The Kier molecular flexibility index (Phi) is 6.76. The van der Waals surface area contributed by atoms with E-state index < -0.39 is 18.6 Å². The fraction of sp³-hybridized carbons (Fsp3) is 0.200. The van der Waals surface area contributed by atoms with Gasteiger partial charge in [-0.3, -0.25) is 9.59 Å². The maximum absolute atomic E-state index is 12.1. The number of nitrogens with one attached hydrogen (secondary N) is 1. The highest BCUT2D eigenvalue weighted by atomic mass is 19.4. The van der Waals surface area contributed by atoms with Gasteiger partial charge < -0.3 is 10.2 Å². The fourth-order valence-corrected chi connectivity index (χ4v) is 2.25. The Hall–Kier alpha value is -3.09. The van der Waals surface area contributed by atoms with Crippen LogP contribution in [0, 0.1) is 0 Å². The van der Waals surface area contributed by atoms with E-state index in [1.807, 2.05) is 35.6 Å². The van der Waals surface area contributed by atoms with Crippen LogP contribution in [0.2, 0.25) is 0 Å². The number of nitrogens with zero attached hydrogens (tertiary/aromatic N) is 1. The second-order valence-electron chi connectivity index (χ2n) is 5.93. The van der Waals surface area contributed by atoms with Crippen LogP contribution in [0.4, 0.5) is 13.2 Å². The topological polar surface area (TPSA) is 49.4 Å². The maximum Gasteiger partial charge on any atom is 0.405 e. The molecule has 4 nitrogen and oxygen atoms in total. The largest absolute Gasteiger partial charge is 0.405 e. The number of carbonyl (C=O) groups excluding carboxylic acids is 2. The molecule has 0 saturated heterocycles. The third-order valence-electron chi connectivity index (χ3n) is 3.68. The lowest BCUT2D eigenvalue weighted by Crippen LogP contribution is -2.33. The molecule has 2 amide bonds. The summed E-state index contributed by atoms with van der Waals surface area (Å²) in [5, 5.41) is 1.81. The van der Waals surface area contributed by atoms with Crippen molar-refractivity contribution in [3.63, 3.8) is 0 Å². The lowest BCUT2D eigenvalue weighted by Gasteiger charge is -2.15. The Balaban J connectivity index is 1.90. The summed E-state index contributed by atoms with van der Waals surface area (Å²) in [5.74, 6) is -0.986.